The van der Waals surface area contributed by atoms with E-state index in [4.69, 9.17) is 4.74 Å². The third kappa shape index (κ3) is 4.82. The van der Waals surface area contributed by atoms with E-state index in [2.05, 4.69) is 11.9 Å². The summed E-state index contributed by atoms with van der Waals surface area (Å²) in [5.74, 6) is 1.20. The first kappa shape index (κ1) is 17.5. The highest BCUT2D eigenvalue weighted by atomic mass is 32.2. The van der Waals surface area contributed by atoms with Crippen LogP contribution in [0.25, 0.3) is 0 Å². The normalized spacial score (nSPS) is 20.0. The van der Waals surface area contributed by atoms with Crippen LogP contribution in [-0.4, -0.2) is 45.3 Å². The van der Waals surface area contributed by atoms with Crippen molar-refractivity contribution in [1.29, 1.82) is 0 Å². The van der Waals surface area contributed by atoms with Crippen LogP contribution in [-0.2, 0) is 10.8 Å². The summed E-state index contributed by atoms with van der Waals surface area (Å²) in [6.07, 6.45) is 0. The summed E-state index contributed by atoms with van der Waals surface area (Å²) in [7, 11) is -0.895. The molecule has 1 aliphatic heterocycles. The molecule has 0 unspecified atom stereocenters. The molecule has 5 nitrogen and oxygen atoms in total. The van der Waals surface area contributed by atoms with Gasteiger partial charge in [0.2, 0.25) is 0 Å². The number of amides is 2. The van der Waals surface area contributed by atoms with E-state index in [0.717, 1.165) is 5.57 Å². The molecule has 1 N–H and O–H groups in total. The van der Waals surface area contributed by atoms with Crippen molar-refractivity contribution in [2.45, 2.75) is 25.5 Å². The maximum atomic E-state index is 12.4. The average Bonchev–Trinajstić information content (AvgIpc) is 2.48. The number of hydrogen-bond donors (Lipinski definition) is 1. The molecule has 1 aromatic carbocycles. The van der Waals surface area contributed by atoms with Crippen molar-refractivity contribution in [2.75, 3.05) is 30.8 Å². The van der Waals surface area contributed by atoms with Crippen LogP contribution in [0, 0.1) is 0 Å². The number of nitrogens with zero attached hydrogens (tertiary/aromatic N) is 1. The molecule has 2 rings (SSSR count). The lowest BCUT2D eigenvalue weighted by molar-refractivity contribution is 0.207. The second-order valence-electron chi connectivity index (χ2n) is 6.43. The van der Waals surface area contributed by atoms with E-state index in [0.29, 0.717) is 36.9 Å². The number of ether oxygens (including phenoxy) is 1. The summed E-state index contributed by atoms with van der Waals surface area (Å²) >= 11 is 0. The fourth-order valence-corrected chi connectivity index (χ4v) is 3.56. The molecule has 2 amide bonds. The van der Waals surface area contributed by atoms with E-state index < -0.39 is 10.8 Å². The molecule has 1 aromatic rings. The zero-order valence-corrected chi connectivity index (χ0v) is 14.7. The number of nitrogens with one attached hydrogen (secondary N) is 1. The Balaban J connectivity index is 1.99. The first-order chi connectivity index (χ1) is 10.8. The maximum Gasteiger partial charge on any atom is 0.321 e. The highest BCUT2D eigenvalue weighted by Gasteiger charge is 2.35. The average molecular weight is 336 g/mol. The van der Waals surface area contributed by atoms with Crippen LogP contribution in [0.2, 0.25) is 0 Å². The second-order valence-corrected chi connectivity index (χ2v) is 8.64. The molecule has 0 aromatic heterocycles. The topological polar surface area (TPSA) is 58.6 Å². The van der Waals surface area contributed by atoms with Gasteiger partial charge in [0.15, 0.2) is 0 Å². The van der Waals surface area contributed by atoms with Gasteiger partial charge in [-0.1, -0.05) is 12.6 Å². The van der Waals surface area contributed by atoms with Crippen LogP contribution in [0.4, 0.5) is 10.5 Å². The standard InChI is InChI=1S/C17H24N2O3S/c1-13(2)11-22-15-7-5-6-14(10-15)18-16(20)19-8-9-23(21)17(3,4)12-19/h5-7,10H,1,8-9,11-12H2,2-4H3,(H,18,20)/t23-/m0/s1. The Bertz CT molecular complexity index is 628. The molecule has 126 valence electrons. The fourth-order valence-electron chi connectivity index (χ4n) is 2.33. The molecule has 1 aliphatic rings. The third-order valence-electron chi connectivity index (χ3n) is 3.59. The second kappa shape index (κ2) is 7.17. The van der Waals surface area contributed by atoms with Gasteiger partial charge in [0.25, 0.3) is 0 Å². The van der Waals surface area contributed by atoms with Gasteiger partial charge in [-0.25, -0.2) is 4.79 Å². The first-order valence-corrected chi connectivity index (χ1v) is 8.91. The zero-order chi connectivity index (χ0) is 17.0. The molecule has 1 fully saturated rings. The summed E-state index contributed by atoms with van der Waals surface area (Å²) in [6, 6.07) is 7.10. The van der Waals surface area contributed by atoms with Crippen LogP contribution in [0.15, 0.2) is 36.4 Å². The summed E-state index contributed by atoms with van der Waals surface area (Å²) in [6.45, 7) is 11.0. The fraction of sp³-hybridized carbons (Fsp3) is 0.471. The zero-order valence-electron chi connectivity index (χ0n) is 13.9. The van der Waals surface area contributed by atoms with Crippen molar-refractivity contribution in [1.82, 2.24) is 4.90 Å². The van der Waals surface area contributed by atoms with Crippen LogP contribution in [0.3, 0.4) is 0 Å². The van der Waals surface area contributed by atoms with Gasteiger partial charge in [-0.15, -0.1) is 0 Å². The molecule has 0 radical (unpaired) electrons. The Hall–Kier alpha value is -1.82. The Morgan fingerprint density at radius 3 is 2.87 bits per heavy atom. The van der Waals surface area contributed by atoms with Gasteiger partial charge in [-0.05, 0) is 38.5 Å². The monoisotopic (exact) mass is 336 g/mol. The van der Waals surface area contributed by atoms with Crippen molar-refractivity contribution in [3.63, 3.8) is 0 Å². The Kier molecular flexibility index (Phi) is 5.46. The predicted molar refractivity (Wildman–Crippen MR) is 94.4 cm³/mol. The number of carbonyl (C=O) groups is 1. The number of rotatable bonds is 4. The number of urea groups is 1. The quantitative estimate of drug-likeness (QED) is 0.860. The lowest BCUT2D eigenvalue weighted by atomic mass is 10.2. The largest absolute Gasteiger partial charge is 0.489 e. The van der Waals surface area contributed by atoms with E-state index >= 15 is 0 Å². The number of benzene rings is 1. The van der Waals surface area contributed by atoms with Crippen molar-refractivity contribution < 1.29 is 13.7 Å². The molecular weight excluding hydrogens is 312 g/mol. The third-order valence-corrected chi connectivity index (χ3v) is 5.51. The molecule has 0 aliphatic carbocycles. The lowest BCUT2D eigenvalue weighted by Crippen LogP contribution is -2.53. The molecule has 0 saturated carbocycles. The van der Waals surface area contributed by atoms with Crippen molar-refractivity contribution in [2.24, 2.45) is 0 Å². The van der Waals surface area contributed by atoms with Crippen LogP contribution >= 0.6 is 0 Å². The molecule has 0 spiro atoms. The van der Waals surface area contributed by atoms with Gasteiger partial charge in [0.05, 0.1) is 4.75 Å². The Morgan fingerprint density at radius 2 is 2.22 bits per heavy atom. The van der Waals surface area contributed by atoms with Gasteiger partial charge in [0, 0.05) is 41.4 Å². The van der Waals surface area contributed by atoms with Gasteiger partial charge in [0.1, 0.15) is 12.4 Å². The van der Waals surface area contributed by atoms with Crippen molar-refractivity contribution >= 4 is 22.5 Å². The molecular formula is C17H24N2O3S. The van der Waals surface area contributed by atoms with Crippen molar-refractivity contribution in [3.05, 3.63) is 36.4 Å². The molecule has 1 atom stereocenters. The molecule has 1 saturated heterocycles. The van der Waals surface area contributed by atoms with E-state index in [1.807, 2.05) is 39.0 Å². The molecule has 1 heterocycles. The van der Waals surface area contributed by atoms with Crippen LogP contribution in [0.5, 0.6) is 5.75 Å². The SMILES string of the molecule is C=C(C)COc1cccc(NC(=O)N2CC[S@](=O)C(C)(C)C2)c1. The van der Waals surface area contributed by atoms with E-state index in [1.165, 1.54) is 0 Å². The van der Waals surface area contributed by atoms with E-state index in [-0.39, 0.29) is 10.8 Å². The first-order valence-electron chi connectivity index (χ1n) is 7.59. The number of carbonyl (C=O) groups excluding carboxylic acids is 1. The van der Waals surface area contributed by atoms with Gasteiger partial charge < -0.3 is 15.0 Å². The minimum atomic E-state index is -0.895. The highest BCUT2D eigenvalue weighted by Crippen LogP contribution is 2.22. The Labute approximate surface area is 140 Å². The van der Waals surface area contributed by atoms with Crippen molar-refractivity contribution in [3.8, 4) is 5.75 Å². The van der Waals surface area contributed by atoms with Crippen LogP contribution in [0.1, 0.15) is 20.8 Å². The smallest absolute Gasteiger partial charge is 0.321 e. The Morgan fingerprint density at radius 1 is 1.48 bits per heavy atom. The molecule has 6 heteroatoms. The van der Waals surface area contributed by atoms with E-state index in [9.17, 15) is 9.00 Å². The summed E-state index contributed by atoms with van der Waals surface area (Å²) < 4.78 is 17.1. The lowest BCUT2D eigenvalue weighted by Gasteiger charge is -2.37. The predicted octanol–water partition coefficient (Wildman–Crippen LogP) is 3.02. The van der Waals surface area contributed by atoms with Gasteiger partial charge in [-0.3, -0.25) is 4.21 Å². The molecule has 0 bridgehead atoms. The van der Waals surface area contributed by atoms with Gasteiger partial charge >= 0.3 is 6.03 Å². The number of anilines is 1. The minimum Gasteiger partial charge on any atom is -0.489 e. The van der Waals surface area contributed by atoms with Gasteiger partial charge in [-0.2, -0.15) is 0 Å². The van der Waals surface area contributed by atoms with Crippen LogP contribution < -0.4 is 10.1 Å². The van der Waals surface area contributed by atoms with E-state index in [1.54, 1.807) is 11.0 Å². The maximum absolute atomic E-state index is 12.4. The minimum absolute atomic E-state index is 0.174. The number of hydrogen-bond acceptors (Lipinski definition) is 3. The molecule has 23 heavy (non-hydrogen) atoms. The summed E-state index contributed by atoms with van der Waals surface area (Å²) in [5, 5.41) is 2.88. The highest BCUT2D eigenvalue weighted by molar-refractivity contribution is 7.86. The summed E-state index contributed by atoms with van der Waals surface area (Å²) in [5.41, 5.74) is 1.61. The summed E-state index contributed by atoms with van der Waals surface area (Å²) in [4.78, 5) is 14.1.